The van der Waals surface area contributed by atoms with Gasteiger partial charge in [0.15, 0.2) is 23.3 Å². The summed E-state index contributed by atoms with van der Waals surface area (Å²) in [7, 11) is -7.17. The van der Waals surface area contributed by atoms with E-state index >= 15 is 0 Å². The van der Waals surface area contributed by atoms with Crippen molar-refractivity contribution in [2.45, 2.75) is 27.6 Å². The molecule has 0 radical (unpaired) electrons. The smallest absolute Gasteiger partial charge is 0.281 e. The predicted octanol–water partition coefficient (Wildman–Crippen LogP) is 4.61. The maximum Gasteiger partial charge on any atom is 0.460 e. The van der Waals surface area contributed by atoms with E-state index in [9.17, 15) is 61.1 Å². The van der Waals surface area contributed by atoms with Gasteiger partial charge in [-0.2, -0.15) is 43.5 Å². The monoisotopic (exact) mass is 478 g/mol. The highest BCUT2D eigenvalue weighted by Gasteiger charge is 2.74. The number of thioether (sulfide) groups is 1. The second kappa shape index (κ2) is 7.13. The number of alkyl halides is 8. The molecule has 0 heterocycles. The first-order valence-corrected chi connectivity index (χ1v) is 8.14. The summed E-state index contributed by atoms with van der Waals surface area (Å²) in [4.78, 5) is -2.50. The molecule has 0 aliphatic heterocycles. The average Bonchev–Trinajstić information content (AvgIpc) is 2.47. The van der Waals surface area contributed by atoms with Crippen LogP contribution in [0.15, 0.2) is 11.0 Å². The van der Waals surface area contributed by atoms with E-state index in [0.29, 0.717) is 0 Å². The van der Waals surface area contributed by atoms with E-state index in [1.54, 1.807) is 0 Å². The molecule has 0 aromatic heterocycles. The van der Waals surface area contributed by atoms with Crippen LogP contribution >= 0.6 is 11.8 Å². The van der Waals surface area contributed by atoms with Crippen molar-refractivity contribution in [3.05, 3.63) is 29.3 Å². The van der Waals surface area contributed by atoms with Crippen LogP contribution in [0.4, 0.5) is 52.7 Å². The van der Waals surface area contributed by atoms with Gasteiger partial charge in [-0.1, -0.05) is 0 Å². The van der Waals surface area contributed by atoms with Gasteiger partial charge in [-0.05, 0) is 11.8 Å². The fraction of sp³-hybridized carbons (Fsp3) is 0.400. The van der Waals surface area contributed by atoms with Gasteiger partial charge in [0.1, 0.15) is 0 Å². The lowest BCUT2D eigenvalue weighted by molar-refractivity contribution is -0.441. The third-order valence-corrected chi connectivity index (χ3v) is 4.50. The number of rotatable bonds is 7. The van der Waals surface area contributed by atoms with Gasteiger partial charge in [0.05, 0.1) is 4.90 Å². The molecule has 0 unspecified atom stereocenters. The number of hydrogen-bond acceptors (Lipinski definition) is 4. The summed E-state index contributed by atoms with van der Waals surface area (Å²) in [5, 5.41) is -13.2. The SMILES string of the molecule is O=S(=O)(O)C(F)(F)C(F)(F)OC(F)(F)C(F)(F)Sc1c(F)c(F)cc(F)c1F. The van der Waals surface area contributed by atoms with E-state index in [1.165, 1.54) is 0 Å². The molecular weight excluding hydrogens is 476 g/mol. The summed E-state index contributed by atoms with van der Waals surface area (Å²) in [6, 6.07) is -0.525. The molecule has 0 aliphatic rings. The summed E-state index contributed by atoms with van der Waals surface area (Å²) >= 11 is -2.14. The molecule has 0 saturated heterocycles. The molecule has 4 nitrogen and oxygen atoms in total. The van der Waals surface area contributed by atoms with Crippen molar-refractivity contribution >= 4 is 21.9 Å². The zero-order chi connectivity index (χ0) is 22.5. The first kappa shape index (κ1) is 24.6. The van der Waals surface area contributed by atoms with Crippen LogP contribution in [0.1, 0.15) is 0 Å². The van der Waals surface area contributed by atoms with Crippen LogP contribution in [0, 0.1) is 23.3 Å². The average molecular weight is 478 g/mol. The Bertz CT molecular complexity index is 843. The zero-order valence-corrected chi connectivity index (χ0v) is 13.7. The van der Waals surface area contributed by atoms with Gasteiger partial charge in [0.25, 0.3) is 0 Å². The zero-order valence-electron chi connectivity index (χ0n) is 12.1. The van der Waals surface area contributed by atoms with Crippen molar-refractivity contribution in [2.24, 2.45) is 0 Å². The number of hydrogen-bond donors (Lipinski definition) is 1. The molecule has 28 heavy (non-hydrogen) atoms. The predicted molar refractivity (Wildman–Crippen MR) is 64.6 cm³/mol. The summed E-state index contributed by atoms with van der Waals surface area (Å²) in [5.41, 5.74) is 0. The first-order valence-electron chi connectivity index (χ1n) is 5.88. The summed E-state index contributed by atoms with van der Waals surface area (Å²) < 4.78 is 187. The lowest BCUT2D eigenvalue weighted by Gasteiger charge is -2.31. The van der Waals surface area contributed by atoms with Crippen LogP contribution < -0.4 is 0 Å². The number of halogens is 12. The van der Waals surface area contributed by atoms with Crippen LogP contribution in [0.25, 0.3) is 0 Å². The number of ether oxygens (including phenoxy) is 1. The standard InChI is InChI=1S/C10H2F12O4S2/c11-2-1-3(12)5(14)6(4(2)13)27-9(19,20)7(15,16)26-8(17,18)10(21,22)28(23,24)25/h1H,(H,23,24,25). The van der Waals surface area contributed by atoms with Crippen LogP contribution in [-0.4, -0.2) is 35.7 Å². The van der Waals surface area contributed by atoms with E-state index in [0.717, 1.165) is 0 Å². The van der Waals surface area contributed by atoms with Gasteiger partial charge >= 0.3 is 32.8 Å². The minimum absolute atomic E-state index is 0.525. The van der Waals surface area contributed by atoms with E-state index < -0.39 is 78.8 Å². The van der Waals surface area contributed by atoms with Crippen molar-refractivity contribution in [2.75, 3.05) is 0 Å². The highest BCUT2D eigenvalue weighted by atomic mass is 32.2. The quantitative estimate of drug-likeness (QED) is 0.269. The molecule has 0 atom stereocenters. The van der Waals surface area contributed by atoms with E-state index in [2.05, 4.69) is 0 Å². The maximum absolute atomic E-state index is 13.4. The Labute approximate surface area is 150 Å². The van der Waals surface area contributed by atoms with Crippen LogP contribution in [-0.2, 0) is 14.9 Å². The third kappa shape index (κ3) is 4.28. The molecule has 1 aromatic carbocycles. The van der Waals surface area contributed by atoms with Gasteiger partial charge in [-0.25, -0.2) is 22.3 Å². The summed E-state index contributed by atoms with van der Waals surface area (Å²) in [5.74, 6) is -10.1. The molecule has 1 rings (SSSR count). The molecule has 0 spiro atoms. The molecule has 1 aromatic rings. The van der Waals surface area contributed by atoms with Gasteiger partial charge in [-0.15, -0.1) is 0 Å². The van der Waals surface area contributed by atoms with Crippen molar-refractivity contribution in [3.63, 3.8) is 0 Å². The molecule has 0 bridgehead atoms. The van der Waals surface area contributed by atoms with Crippen LogP contribution in [0.2, 0.25) is 0 Å². The summed E-state index contributed by atoms with van der Waals surface area (Å²) in [6.45, 7) is 0. The minimum atomic E-state index is -7.17. The van der Waals surface area contributed by atoms with Crippen LogP contribution in [0.3, 0.4) is 0 Å². The van der Waals surface area contributed by atoms with E-state index in [1.807, 2.05) is 4.74 Å². The molecule has 0 saturated carbocycles. The van der Waals surface area contributed by atoms with E-state index in [4.69, 9.17) is 4.55 Å². The van der Waals surface area contributed by atoms with Gasteiger partial charge in [0, 0.05) is 6.07 Å². The minimum Gasteiger partial charge on any atom is -0.281 e. The van der Waals surface area contributed by atoms with Crippen molar-refractivity contribution in [1.82, 2.24) is 0 Å². The lowest BCUT2D eigenvalue weighted by atomic mass is 10.3. The third-order valence-electron chi connectivity index (χ3n) is 2.56. The molecule has 0 aliphatic carbocycles. The number of benzene rings is 1. The van der Waals surface area contributed by atoms with Crippen molar-refractivity contribution < 1.29 is 70.4 Å². The molecule has 0 amide bonds. The highest BCUT2D eigenvalue weighted by molar-refractivity contribution is 8.00. The maximum atomic E-state index is 13.4. The largest absolute Gasteiger partial charge is 0.460 e. The Morgan fingerprint density at radius 1 is 0.821 bits per heavy atom. The Morgan fingerprint density at radius 2 is 1.21 bits per heavy atom. The first-order chi connectivity index (χ1) is 12.2. The van der Waals surface area contributed by atoms with Gasteiger partial charge in [-0.3, -0.25) is 4.55 Å². The summed E-state index contributed by atoms with van der Waals surface area (Å²) in [6.07, 6.45) is -13.8. The highest BCUT2D eigenvalue weighted by Crippen LogP contribution is 2.53. The lowest BCUT2D eigenvalue weighted by Crippen LogP contribution is -2.55. The molecule has 1 N–H and O–H groups in total. The second-order valence-corrected chi connectivity index (χ2v) is 7.13. The Balaban J connectivity index is 3.35. The Kier molecular flexibility index (Phi) is 6.28. The van der Waals surface area contributed by atoms with Crippen molar-refractivity contribution in [3.8, 4) is 0 Å². The normalized spacial score (nSPS) is 14.5. The van der Waals surface area contributed by atoms with Crippen molar-refractivity contribution in [1.29, 1.82) is 0 Å². The van der Waals surface area contributed by atoms with Crippen LogP contribution in [0.5, 0.6) is 0 Å². The van der Waals surface area contributed by atoms with Gasteiger partial charge < -0.3 is 0 Å². The van der Waals surface area contributed by atoms with E-state index in [-0.39, 0.29) is 0 Å². The Hall–Kier alpha value is -1.40. The topological polar surface area (TPSA) is 63.6 Å². The fourth-order valence-electron chi connectivity index (χ4n) is 1.26. The molecular formula is C10H2F12O4S2. The van der Waals surface area contributed by atoms with Gasteiger partial charge in [0.2, 0.25) is 0 Å². The second-order valence-electron chi connectivity index (χ2n) is 4.54. The molecule has 162 valence electrons. The Morgan fingerprint density at radius 3 is 1.57 bits per heavy atom. The molecule has 0 fully saturated rings. The molecule has 18 heteroatoms. The fourth-order valence-corrected chi connectivity index (χ4v) is 2.39.